The quantitative estimate of drug-likeness (QED) is 0.242. The zero-order chi connectivity index (χ0) is 20.8. The Morgan fingerprint density at radius 3 is 1.46 bits per heavy atom. The van der Waals surface area contributed by atoms with Crippen molar-refractivity contribution in [2.24, 2.45) is 0 Å². The minimum Gasteiger partial charge on any atom is -0.423 e. The molecule has 0 atom stereocenters. The predicted octanol–water partition coefficient (Wildman–Crippen LogP) is 3.19. The van der Waals surface area contributed by atoms with Gasteiger partial charge in [0, 0.05) is 23.3 Å². The van der Waals surface area contributed by atoms with Gasteiger partial charge in [-0.25, -0.2) is 9.59 Å². The van der Waals surface area contributed by atoms with Gasteiger partial charge >= 0.3 is 11.9 Å². The standard InChI is InChI=1S/C18H14N2O8/c1-11-3-5-13(9-15(11)19(23)24)27-17(21)7-8-18(22)28-14-6-4-12(2)16(10-14)20(25)26/h3-10H,1-2H3/b8-7+. The molecule has 0 aromatic heterocycles. The van der Waals surface area contributed by atoms with Gasteiger partial charge in [0.2, 0.25) is 0 Å². The topological polar surface area (TPSA) is 139 Å². The van der Waals surface area contributed by atoms with Crippen LogP contribution in [0, 0.1) is 34.1 Å². The summed E-state index contributed by atoms with van der Waals surface area (Å²) in [5.41, 5.74) is 0.372. The summed E-state index contributed by atoms with van der Waals surface area (Å²) in [5.74, 6) is -2.03. The molecule has 0 aliphatic heterocycles. The van der Waals surface area contributed by atoms with Gasteiger partial charge in [-0.1, -0.05) is 0 Å². The van der Waals surface area contributed by atoms with Crippen molar-refractivity contribution >= 4 is 23.3 Å². The fourth-order valence-corrected chi connectivity index (χ4v) is 2.14. The largest absolute Gasteiger partial charge is 0.423 e. The van der Waals surface area contributed by atoms with Crippen LogP contribution in [0.5, 0.6) is 11.5 Å². The molecule has 0 bridgehead atoms. The molecular formula is C18H14N2O8. The molecule has 28 heavy (non-hydrogen) atoms. The predicted molar refractivity (Wildman–Crippen MR) is 96.1 cm³/mol. The van der Waals surface area contributed by atoms with E-state index < -0.39 is 21.8 Å². The third kappa shape index (κ3) is 5.21. The number of aryl methyl sites for hydroxylation is 2. The normalized spacial score (nSPS) is 10.5. The number of carbonyl (C=O) groups is 2. The highest BCUT2D eigenvalue weighted by Crippen LogP contribution is 2.25. The molecule has 10 heteroatoms. The lowest BCUT2D eigenvalue weighted by atomic mass is 10.2. The van der Waals surface area contributed by atoms with Crippen molar-refractivity contribution in [2.45, 2.75) is 13.8 Å². The van der Waals surface area contributed by atoms with E-state index in [-0.39, 0.29) is 22.9 Å². The maximum atomic E-state index is 11.7. The fourth-order valence-electron chi connectivity index (χ4n) is 2.14. The van der Waals surface area contributed by atoms with Gasteiger partial charge in [-0.05, 0) is 38.1 Å². The molecule has 10 nitrogen and oxygen atoms in total. The Bertz CT molecular complexity index is 918. The summed E-state index contributed by atoms with van der Waals surface area (Å²) in [4.78, 5) is 44.0. The minimum absolute atomic E-state index is 0.0607. The fraction of sp³-hybridized carbons (Fsp3) is 0.111. The number of benzene rings is 2. The van der Waals surface area contributed by atoms with E-state index in [1.807, 2.05) is 0 Å². The SMILES string of the molecule is Cc1ccc(OC(=O)/C=C/C(=O)Oc2ccc(C)c([N+](=O)[O-])c2)cc1[N+](=O)[O-]. The van der Waals surface area contributed by atoms with Crippen LogP contribution < -0.4 is 9.47 Å². The molecule has 0 saturated carbocycles. The van der Waals surface area contributed by atoms with Crippen LogP contribution in [0.2, 0.25) is 0 Å². The molecule has 0 amide bonds. The summed E-state index contributed by atoms with van der Waals surface area (Å²) in [6.07, 6.45) is 1.55. The van der Waals surface area contributed by atoms with Crippen molar-refractivity contribution in [3.8, 4) is 11.5 Å². The van der Waals surface area contributed by atoms with Crippen LogP contribution in [0.4, 0.5) is 11.4 Å². The van der Waals surface area contributed by atoms with Crippen molar-refractivity contribution < 1.29 is 28.9 Å². The van der Waals surface area contributed by atoms with E-state index in [9.17, 15) is 29.8 Å². The number of hydrogen-bond acceptors (Lipinski definition) is 8. The molecule has 0 saturated heterocycles. The third-order valence-corrected chi connectivity index (χ3v) is 3.55. The minimum atomic E-state index is -0.954. The van der Waals surface area contributed by atoms with Crippen LogP contribution in [0.1, 0.15) is 11.1 Å². The molecule has 2 aromatic carbocycles. The summed E-state index contributed by atoms with van der Waals surface area (Å²) in [5, 5.41) is 21.8. The Morgan fingerprint density at radius 2 is 1.14 bits per heavy atom. The van der Waals surface area contributed by atoms with Gasteiger partial charge in [-0.15, -0.1) is 0 Å². The summed E-state index contributed by atoms with van der Waals surface area (Å²) in [6, 6.07) is 7.76. The van der Waals surface area contributed by atoms with E-state index in [4.69, 9.17) is 9.47 Å². The first-order valence-electron chi connectivity index (χ1n) is 7.79. The van der Waals surface area contributed by atoms with Crippen LogP contribution in [0.3, 0.4) is 0 Å². The molecule has 0 spiro atoms. The molecule has 0 N–H and O–H groups in total. The molecule has 2 rings (SSSR count). The second kappa shape index (κ2) is 8.54. The Kier molecular flexibility index (Phi) is 6.17. The van der Waals surface area contributed by atoms with Crippen LogP contribution >= 0.6 is 0 Å². The summed E-state index contributed by atoms with van der Waals surface area (Å²) < 4.78 is 9.80. The van der Waals surface area contributed by atoms with Crippen molar-refractivity contribution in [2.75, 3.05) is 0 Å². The van der Waals surface area contributed by atoms with E-state index in [0.29, 0.717) is 11.1 Å². The van der Waals surface area contributed by atoms with Crippen molar-refractivity contribution in [1.82, 2.24) is 0 Å². The molecular weight excluding hydrogens is 372 g/mol. The average Bonchev–Trinajstić information content (AvgIpc) is 2.62. The van der Waals surface area contributed by atoms with E-state index >= 15 is 0 Å². The number of esters is 2. The van der Waals surface area contributed by atoms with Gasteiger partial charge in [-0.2, -0.15) is 0 Å². The highest BCUT2D eigenvalue weighted by Gasteiger charge is 2.14. The van der Waals surface area contributed by atoms with Crippen molar-refractivity contribution in [3.05, 3.63) is 79.9 Å². The number of nitro groups is 2. The monoisotopic (exact) mass is 386 g/mol. The van der Waals surface area contributed by atoms with E-state index in [2.05, 4.69) is 0 Å². The first kappa shape index (κ1) is 20.2. The lowest BCUT2D eigenvalue weighted by molar-refractivity contribution is -0.385. The van der Waals surface area contributed by atoms with E-state index in [1.165, 1.54) is 38.1 Å². The van der Waals surface area contributed by atoms with Crippen molar-refractivity contribution in [3.63, 3.8) is 0 Å². The second-order valence-corrected chi connectivity index (χ2v) is 5.59. The Morgan fingerprint density at radius 1 is 0.786 bits per heavy atom. The molecule has 0 heterocycles. The van der Waals surface area contributed by atoms with Gasteiger partial charge in [0.25, 0.3) is 11.4 Å². The van der Waals surface area contributed by atoms with Gasteiger partial charge in [-0.3, -0.25) is 20.2 Å². The van der Waals surface area contributed by atoms with E-state index in [0.717, 1.165) is 24.3 Å². The zero-order valence-electron chi connectivity index (χ0n) is 14.8. The number of hydrogen-bond donors (Lipinski definition) is 0. The molecule has 0 fully saturated rings. The zero-order valence-corrected chi connectivity index (χ0v) is 14.8. The number of nitro benzene ring substituents is 2. The number of rotatable bonds is 6. The molecule has 0 aliphatic carbocycles. The van der Waals surface area contributed by atoms with E-state index in [1.54, 1.807) is 0 Å². The summed E-state index contributed by atoms with van der Waals surface area (Å²) in [7, 11) is 0. The number of carbonyl (C=O) groups excluding carboxylic acids is 2. The first-order chi connectivity index (χ1) is 13.2. The van der Waals surface area contributed by atoms with Crippen LogP contribution in [0.15, 0.2) is 48.6 Å². The Balaban J connectivity index is 2.02. The van der Waals surface area contributed by atoms with Gasteiger partial charge in [0.1, 0.15) is 11.5 Å². The highest BCUT2D eigenvalue weighted by atomic mass is 16.6. The van der Waals surface area contributed by atoms with Gasteiger partial charge < -0.3 is 9.47 Å². The van der Waals surface area contributed by atoms with Crippen LogP contribution in [-0.2, 0) is 9.59 Å². The van der Waals surface area contributed by atoms with Crippen LogP contribution in [-0.4, -0.2) is 21.8 Å². The molecule has 0 radical (unpaired) electrons. The summed E-state index contributed by atoms with van der Waals surface area (Å²) in [6.45, 7) is 3.07. The Labute approximate surface area is 158 Å². The third-order valence-electron chi connectivity index (χ3n) is 3.55. The second-order valence-electron chi connectivity index (χ2n) is 5.59. The van der Waals surface area contributed by atoms with Crippen molar-refractivity contribution in [1.29, 1.82) is 0 Å². The molecule has 0 aliphatic rings. The highest BCUT2D eigenvalue weighted by molar-refractivity contribution is 5.93. The molecule has 0 unspecified atom stereocenters. The number of nitrogens with zero attached hydrogens (tertiary/aromatic N) is 2. The van der Waals surface area contributed by atoms with Gasteiger partial charge in [0.05, 0.1) is 22.0 Å². The lowest BCUT2D eigenvalue weighted by Crippen LogP contribution is -2.08. The van der Waals surface area contributed by atoms with Gasteiger partial charge in [0.15, 0.2) is 0 Å². The molecule has 144 valence electrons. The molecule has 2 aromatic rings. The first-order valence-corrected chi connectivity index (χ1v) is 7.79. The average molecular weight is 386 g/mol. The lowest BCUT2D eigenvalue weighted by Gasteiger charge is -2.04. The number of ether oxygens (including phenoxy) is 2. The summed E-state index contributed by atoms with van der Waals surface area (Å²) >= 11 is 0. The maximum Gasteiger partial charge on any atom is 0.336 e. The van der Waals surface area contributed by atoms with Crippen LogP contribution in [0.25, 0.3) is 0 Å². The maximum absolute atomic E-state index is 11.7. The Hall–Kier alpha value is -4.08. The smallest absolute Gasteiger partial charge is 0.336 e.